The van der Waals surface area contributed by atoms with Gasteiger partial charge in [-0.3, -0.25) is 0 Å². The van der Waals surface area contributed by atoms with Gasteiger partial charge in [0.15, 0.2) is 0 Å². The highest BCUT2D eigenvalue weighted by molar-refractivity contribution is 5.44. The molecule has 0 saturated carbocycles. The summed E-state index contributed by atoms with van der Waals surface area (Å²) >= 11 is 0. The normalized spacial score (nSPS) is 17.6. The molecule has 1 aromatic carbocycles. The number of piperidine rings is 1. The van der Waals surface area contributed by atoms with E-state index in [2.05, 4.69) is 5.32 Å². The third kappa shape index (κ3) is 2.47. The van der Waals surface area contributed by atoms with E-state index in [1.807, 2.05) is 0 Å². The van der Waals surface area contributed by atoms with E-state index >= 15 is 0 Å². The number of aryl methyl sites for hydroxylation is 1. The Morgan fingerprint density at radius 3 is 2.56 bits per heavy atom. The summed E-state index contributed by atoms with van der Waals surface area (Å²) in [5.74, 6) is 1.21. The van der Waals surface area contributed by atoms with Crippen LogP contribution in [0, 0.1) is 12.8 Å². The summed E-state index contributed by atoms with van der Waals surface area (Å²) < 4.78 is 0. The molecular formula is C13H19NO2. The van der Waals surface area contributed by atoms with Crippen LogP contribution in [0.15, 0.2) is 12.1 Å². The standard InChI is InChI=1S/C13H19NO2/c1-9-6-13(16)11(8-12(9)15)7-10-2-4-14-5-3-10/h6,8,10,14-16H,2-5,7H2,1H3. The lowest BCUT2D eigenvalue weighted by Crippen LogP contribution is -2.28. The summed E-state index contributed by atoms with van der Waals surface area (Å²) in [5.41, 5.74) is 1.60. The summed E-state index contributed by atoms with van der Waals surface area (Å²) in [6.45, 7) is 3.91. The van der Waals surface area contributed by atoms with Gasteiger partial charge in [-0.05, 0) is 68.5 Å². The van der Waals surface area contributed by atoms with Gasteiger partial charge in [0.1, 0.15) is 11.5 Å². The number of phenolic OH excluding ortho intramolecular Hbond substituents is 2. The second kappa shape index (κ2) is 4.74. The van der Waals surface area contributed by atoms with Crippen molar-refractivity contribution in [2.75, 3.05) is 13.1 Å². The molecule has 0 radical (unpaired) electrons. The smallest absolute Gasteiger partial charge is 0.119 e. The highest BCUT2D eigenvalue weighted by atomic mass is 16.3. The summed E-state index contributed by atoms with van der Waals surface area (Å²) in [6, 6.07) is 3.35. The molecule has 1 aliphatic rings. The number of nitrogens with one attached hydrogen (secondary N) is 1. The number of aromatic hydroxyl groups is 2. The van der Waals surface area contributed by atoms with Gasteiger partial charge >= 0.3 is 0 Å². The van der Waals surface area contributed by atoms with Crippen LogP contribution in [0.25, 0.3) is 0 Å². The Labute approximate surface area is 96.1 Å². The SMILES string of the molecule is Cc1cc(O)c(CC2CCNCC2)cc1O. The van der Waals surface area contributed by atoms with Crippen LogP contribution in [0.5, 0.6) is 11.5 Å². The van der Waals surface area contributed by atoms with Crippen LogP contribution < -0.4 is 5.32 Å². The summed E-state index contributed by atoms with van der Waals surface area (Å²) in [4.78, 5) is 0. The van der Waals surface area contributed by atoms with Crippen molar-refractivity contribution < 1.29 is 10.2 Å². The van der Waals surface area contributed by atoms with Gasteiger partial charge < -0.3 is 15.5 Å². The van der Waals surface area contributed by atoms with Crippen molar-refractivity contribution in [2.45, 2.75) is 26.2 Å². The van der Waals surface area contributed by atoms with E-state index in [1.54, 1.807) is 19.1 Å². The van der Waals surface area contributed by atoms with Gasteiger partial charge in [0, 0.05) is 0 Å². The lowest BCUT2D eigenvalue weighted by Gasteiger charge is -2.23. The third-order valence-electron chi connectivity index (χ3n) is 3.36. The summed E-state index contributed by atoms with van der Waals surface area (Å²) in [6.07, 6.45) is 3.16. The van der Waals surface area contributed by atoms with Gasteiger partial charge in [0.25, 0.3) is 0 Å². The van der Waals surface area contributed by atoms with Crippen molar-refractivity contribution in [3.05, 3.63) is 23.3 Å². The second-order valence-electron chi connectivity index (χ2n) is 4.66. The van der Waals surface area contributed by atoms with E-state index in [1.165, 1.54) is 0 Å². The Morgan fingerprint density at radius 1 is 1.19 bits per heavy atom. The fourth-order valence-electron chi connectivity index (χ4n) is 2.28. The predicted octanol–water partition coefficient (Wildman–Crippen LogP) is 1.95. The van der Waals surface area contributed by atoms with Crippen LogP contribution in [0.2, 0.25) is 0 Å². The zero-order chi connectivity index (χ0) is 11.5. The van der Waals surface area contributed by atoms with Crippen molar-refractivity contribution >= 4 is 0 Å². The highest BCUT2D eigenvalue weighted by Crippen LogP contribution is 2.30. The van der Waals surface area contributed by atoms with Crippen LogP contribution in [0.1, 0.15) is 24.0 Å². The van der Waals surface area contributed by atoms with Crippen LogP contribution in [-0.2, 0) is 6.42 Å². The monoisotopic (exact) mass is 221 g/mol. The molecule has 0 unspecified atom stereocenters. The van der Waals surface area contributed by atoms with Gasteiger partial charge in [-0.25, -0.2) is 0 Å². The molecule has 1 aliphatic heterocycles. The van der Waals surface area contributed by atoms with Gasteiger partial charge in [0.05, 0.1) is 0 Å². The number of phenols is 2. The zero-order valence-electron chi connectivity index (χ0n) is 9.66. The van der Waals surface area contributed by atoms with E-state index in [4.69, 9.17) is 0 Å². The maximum Gasteiger partial charge on any atom is 0.119 e. The first-order valence-corrected chi connectivity index (χ1v) is 5.89. The molecule has 1 heterocycles. The van der Waals surface area contributed by atoms with Gasteiger partial charge in [-0.15, -0.1) is 0 Å². The van der Waals surface area contributed by atoms with Crippen LogP contribution >= 0.6 is 0 Å². The Balaban J connectivity index is 2.11. The molecule has 0 aromatic heterocycles. The molecule has 0 aliphatic carbocycles. The summed E-state index contributed by atoms with van der Waals surface area (Å²) in [7, 11) is 0. The van der Waals surface area contributed by atoms with Gasteiger partial charge in [-0.1, -0.05) is 0 Å². The van der Waals surface area contributed by atoms with Gasteiger partial charge in [0.2, 0.25) is 0 Å². The molecule has 88 valence electrons. The fourth-order valence-corrected chi connectivity index (χ4v) is 2.28. The first-order chi connectivity index (χ1) is 7.66. The second-order valence-corrected chi connectivity index (χ2v) is 4.66. The molecule has 3 N–H and O–H groups in total. The molecule has 0 spiro atoms. The minimum atomic E-state index is 0.279. The number of benzene rings is 1. The van der Waals surface area contributed by atoms with Crippen molar-refractivity contribution in [1.82, 2.24) is 5.32 Å². The minimum Gasteiger partial charge on any atom is -0.508 e. The van der Waals surface area contributed by atoms with E-state index < -0.39 is 0 Å². The molecule has 0 atom stereocenters. The molecule has 16 heavy (non-hydrogen) atoms. The first kappa shape index (κ1) is 11.3. The van der Waals surface area contributed by atoms with E-state index in [0.29, 0.717) is 11.7 Å². The average Bonchev–Trinajstić information content (AvgIpc) is 2.27. The molecular weight excluding hydrogens is 202 g/mol. The maximum atomic E-state index is 9.82. The lowest BCUT2D eigenvalue weighted by atomic mass is 9.90. The zero-order valence-corrected chi connectivity index (χ0v) is 9.66. The molecule has 2 rings (SSSR count). The van der Waals surface area contributed by atoms with Crippen LogP contribution in [0.4, 0.5) is 0 Å². The molecule has 1 aromatic rings. The summed E-state index contributed by atoms with van der Waals surface area (Å²) in [5, 5.41) is 22.8. The lowest BCUT2D eigenvalue weighted by molar-refractivity contribution is 0.365. The molecule has 1 saturated heterocycles. The van der Waals surface area contributed by atoms with Crippen molar-refractivity contribution in [3.8, 4) is 11.5 Å². The predicted molar refractivity (Wildman–Crippen MR) is 63.8 cm³/mol. The quantitative estimate of drug-likeness (QED) is 0.669. The van der Waals surface area contributed by atoms with Crippen molar-refractivity contribution in [3.63, 3.8) is 0 Å². The van der Waals surface area contributed by atoms with E-state index in [0.717, 1.165) is 43.5 Å². The minimum absolute atomic E-state index is 0.279. The Kier molecular flexibility index (Phi) is 3.34. The fraction of sp³-hybridized carbons (Fsp3) is 0.538. The average molecular weight is 221 g/mol. The van der Waals surface area contributed by atoms with E-state index in [9.17, 15) is 10.2 Å². The van der Waals surface area contributed by atoms with Crippen LogP contribution in [-0.4, -0.2) is 23.3 Å². The van der Waals surface area contributed by atoms with Crippen LogP contribution in [0.3, 0.4) is 0 Å². The van der Waals surface area contributed by atoms with Crippen molar-refractivity contribution in [1.29, 1.82) is 0 Å². The number of hydrogen-bond donors (Lipinski definition) is 3. The maximum absolute atomic E-state index is 9.82. The largest absolute Gasteiger partial charge is 0.508 e. The Bertz CT molecular complexity index is 370. The molecule has 3 nitrogen and oxygen atoms in total. The van der Waals surface area contributed by atoms with E-state index in [-0.39, 0.29) is 5.75 Å². The molecule has 0 amide bonds. The first-order valence-electron chi connectivity index (χ1n) is 5.89. The number of hydrogen-bond acceptors (Lipinski definition) is 3. The molecule has 3 heteroatoms. The highest BCUT2D eigenvalue weighted by Gasteiger charge is 2.16. The Hall–Kier alpha value is -1.22. The van der Waals surface area contributed by atoms with Crippen molar-refractivity contribution in [2.24, 2.45) is 5.92 Å². The third-order valence-corrected chi connectivity index (χ3v) is 3.36. The Morgan fingerprint density at radius 2 is 1.88 bits per heavy atom. The topological polar surface area (TPSA) is 52.5 Å². The molecule has 1 fully saturated rings. The number of rotatable bonds is 2. The molecule has 0 bridgehead atoms. The van der Waals surface area contributed by atoms with Gasteiger partial charge in [-0.2, -0.15) is 0 Å².